The van der Waals surface area contributed by atoms with Gasteiger partial charge in [0.1, 0.15) is 0 Å². The highest BCUT2D eigenvalue weighted by molar-refractivity contribution is 7.26. The van der Waals surface area contributed by atoms with Gasteiger partial charge in [-0.3, -0.25) is 0 Å². The number of benzene rings is 9. The van der Waals surface area contributed by atoms with E-state index in [9.17, 15) is 0 Å². The smallest absolute Gasteiger partial charge is 0.0825 e. The molecule has 5 aromatic heterocycles. The lowest BCUT2D eigenvalue weighted by Gasteiger charge is -2.25. The van der Waals surface area contributed by atoms with Crippen molar-refractivity contribution in [2.75, 3.05) is 0 Å². The van der Waals surface area contributed by atoms with Gasteiger partial charge in [-0.1, -0.05) is 127 Å². The molecule has 0 spiro atoms. The molecule has 0 unspecified atom stereocenters. The Morgan fingerprint density at radius 2 is 1.13 bits per heavy atom. The highest BCUT2D eigenvalue weighted by Crippen LogP contribution is 2.61. The predicted molar refractivity (Wildman–Crippen MR) is 292 cm³/mol. The van der Waals surface area contributed by atoms with Gasteiger partial charge >= 0.3 is 0 Å². The molecule has 320 valence electrons. The normalized spacial score (nSPS) is 12.6. The molecule has 0 fully saturated rings. The standard InChI is InChI=1S/C62H34N4S3/c1-6-22-43-33(14-1)30-46(63-43)55-53(39-20-12-27-50-52(39)38-18-5-10-26-49(38)69-50)56(51-31-34-15-2-9-25-47(34)68-51)62-57(54(55)40-21-11-19-37-35-16-3-7-23-44(35)64-59(37)40)58-60-41(36-17-4-8-24-45(36)65-60)32-42(61(58)66-62)48-28-13-29-67-48/h1-32,63-64H. The van der Waals surface area contributed by atoms with Crippen molar-refractivity contribution in [3.05, 3.63) is 215 Å². The van der Waals surface area contributed by atoms with Crippen molar-refractivity contribution in [3.8, 4) is 65.5 Å². The number of rotatable bonds is 5. The van der Waals surface area contributed by atoms with Crippen LogP contribution in [0.5, 0.6) is 0 Å². The quantitative estimate of drug-likeness (QED) is 0.173. The number of hydrogen-bond donors (Lipinski definition) is 2. The van der Waals surface area contributed by atoms with Crippen molar-refractivity contribution < 1.29 is 0 Å². The van der Waals surface area contributed by atoms with Gasteiger partial charge in [0.05, 0.1) is 27.6 Å². The van der Waals surface area contributed by atoms with Crippen LogP contribution in [0.15, 0.2) is 203 Å². The number of fused-ring (bicyclic) bond motifs is 14. The highest BCUT2D eigenvalue weighted by Gasteiger charge is 2.37. The third kappa shape index (κ3) is 5.32. The Kier molecular flexibility index (Phi) is 7.77. The molecule has 0 aliphatic carbocycles. The van der Waals surface area contributed by atoms with Gasteiger partial charge in [0.25, 0.3) is 0 Å². The maximum absolute atomic E-state index is 6.10. The first-order valence-electron chi connectivity index (χ1n) is 23.2. The van der Waals surface area contributed by atoms with E-state index in [1.54, 1.807) is 11.3 Å². The van der Waals surface area contributed by atoms with E-state index in [4.69, 9.17) is 9.98 Å². The van der Waals surface area contributed by atoms with E-state index in [0.29, 0.717) is 0 Å². The van der Waals surface area contributed by atoms with E-state index in [-0.39, 0.29) is 0 Å². The average Bonchev–Trinajstić information content (AvgIpc) is 4.26. The molecule has 0 saturated heterocycles. The number of thiophene rings is 3. The first-order valence-corrected chi connectivity index (χ1v) is 25.7. The van der Waals surface area contributed by atoms with Crippen LogP contribution in [0.25, 0.3) is 128 Å². The Bertz CT molecular complexity index is 4730. The maximum Gasteiger partial charge on any atom is 0.0825 e. The Morgan fingerprint density at radius 1 is 0.391 bits per heavy atom. The number of hydrogen-bond acceptors (Lipinski definition) is 5. The van der Waals surface area contributed by atoms with E-state index in [1.165, 1.54) is 56.3 Å². The van der Waals surface area contributed by atoms with Gasteiger partial charge in [0.15, 0.2) is 0 Å². The summed E-state index contributed by atoms with van der Waals surface area (Å²) in [5.41, 5.74) is 16.5. The maximum atomic E-state index is 6.10. The van der Waals surface area contributed by atoms with E-state index >= 15 is 0 Å². The molecule has 14 aromatic rings. The summed E-state index contributed by atoms with van der Waals surface area (Å²) in [4.78, 5) is 22.1. The van der Waals surface area contributed by atoms with Crippen molar-refractivity contribution in [2.45, 2.75) is 0 Å². The summed E-state index contributed by atoms with van der Waals surface area (Å²) in [7, 11) is 0. The third-order valence-corrected chi connectivity index (χ3v) is 17.6. The number of H-pyrrole nitrogens is 2. The summed E-state index contributed by atoms with van der Waals surface area (Å²) in [6, 6.07) is 69.0. The van der Waals surface area contributed by atoms with Gasteiger partial charge in [-0.2, -0.15) is 0 Å². The van der Waals surface area contributed by atoms with Crippen LogP contribution in [-0.2, 0) is 0 Å². The van der Waals surface area contributed by atoms with Crippen molar-refractivity contribution in [1.29, 1.82) is 0 Å². The number of nitrogens with zero attached hydrogens (tertiary/aromatic N) is 2. The molecule has 16 rings (SSSR count). The molecular weight excluding hydrogens is 897 g/mol. The minimum absolute atomic E-state index is 0.967. The molecule has 69 heavy (non-hydrogen) atoms. The molecule has 2 N–H and O–H groups in total. The minimum Gasteiger partial charge on any atom is -0.354 e. The molecule has 4 nitrogen and oxygen atoms in total. The number of aromatic nitrogens is 2. The second kappa shape index (κ2) is 14.2. The molecule has 0 bridgehead atoms. The van der Waals surface area contributed by atoms with Gasteiger partial charge in [-0.15, -0.1) is 34.0 Å². The minimum atomic E-state index is 0.967. The fourth-order valence-corrected chi connectivity index (χ4v) is 14.5. The Morgan fingerprint density at radius 3 is 2.01 bits per heavy atom. The van der Waals surface area contributed by atoms with E-state index in [0.717, 1.165) is 105 Å². The second-order valence-corrected chi connectivity index (χ2v) is 21.2. The molecule has 7 heteroatoms. The van der Waals surface area contributed by atoms with Crippen LogP contribution < -0.4 is 10.7 Å². The summed E-state index contributed by atoms with van der Waals surface area (Å²) in [6.45, 7) is 0. The van der Waals surface area contributed by atoms with Crippen molar-refractivity contribution in [1.82, 2.24) is 9.97 Å². The molecule has 0 atom stereocenters. The zero-order valence-electron chi connectivity index (χ0n) is 36.6. The van der Waals surface area contributed by atoms with Gasteiger partial charge in [0.2, 0.25) is 0 Å². The molecule has 0 radical (unpaired) electrons. The van der Waals surface area contributed by atoms with Gasteiger partial charge in [0, 0.05) is 122 Å². The Balaban J connectivity index is 1.21. The zero-order valence-corrected chi connectivity index (χ0v) is 39.0. The molecular formula is C62H34N4S3. The van der Waals surface area contributed by atoms with E-state index in [2.05, 4.69) is 203 Å². The van der Waals surface area contributed by atoms with Gasteiger partial charge < -0.3 is 9.97 Å². The topological polar surface area (TPSA) is 56.3 Å². The first kappa shape index (κ1) is 37.8. The van der Waals surface area contributed by atoms with Crippen LogP contribution in [0.3, 0.4) is 0 Å². The fraction of sp³-hybridized carbons (Fsp3) is 0. The lowest BCUT2D eigenvalue weighted by Crippen LogP contribution is -2.07. The van der Waals surface area contributed by atoms with Crippen LogP contribution in [0.1, 0.15) is 0 Å². The average molecular weight is 931 g/mol. The van der Waals surface area contributed by atoms with Crippen molar-refractivity contribution in [2.24, 2.45) is 9.98 Å². The Labute approximate surface area is 405 Å². The van der Waals surface area contributed by atoms with Crippen LogP contribution in [0.4, 0.5) is 11.4 Å². The predicted octanol–water partition coefficient (Wildman–Crippen LogP) is 17.3. The molecule has 2 aliphatic heterocycles. The summed E-state index contributed by atoms with van der Waals surface area (Å²) in [5.74, 6) is 0. The largest absolute Gasteiger partial charge is 0.354 e. The molecule has 9 aromatic carbocycles. The molecule has 0 saturated carbocycles. The lowest BCUT2D eigenvalue weighted by atomic mass is 9.79. The number of para-hydroxylation sites is 4. The highest BCUT2D eigenvalue weighted by atomic mass is 32.1. The van der Waals surface area contributed by atoms with Gasteiger partial charge in [-0.25, -0.2) is 9.98 Å². The summed E-state index contributed by atoms with van der Waals surface area (Å²) in [5, 5.41) is 13.7. The summed E-state index contributed by atoms with van der Waals surface area (Å²) in [6.07, 6.45) is 0. The van der Waals surface area contributed by atoms with Crippen molar-refractivity contribution in [3.63, 3.8) is 0 Å². The zero-order chi connectivity index (χ0) is 44.9. The van der Waals surface area contributed by atoms with Crippen LogP contribution in [0.2, 0.25) is 0 Å². The van der Waals surface area contributed by atoms with Crippen LogP contribution in [-0.4, -0.2) is 9.97 Å². The van der Waals surface area contributed by atoms with E-state index in [1.807, 2.05) is 22.7 Å². The lowest BCUT2D eigenvalue weighted by molar-refractivity contribution is 1.36. The fourth-order valence-electron chi connectivity index (χ4n) is 11.5. The molecule has 0 amide bonds. The van der Waals surface area contributed by atoms with Crippen molar-refractivity contribution >= 4 is 108 Å². The number of aromatic amines is 2. The van der Waals surface area contributed by atoms with Crippen LogP contribution in [0, 0.1) is 10.4 Å². The monoisotopic (exact) mass is 930 g/mol. The number of nitrogens with one attached hydrogen (secondary N) is 2. The second-order valence-electron chi connectivity index (χ2n) is 18.1. The third-order valence-electron chi connectivity index (χ3n) is 14.4. The molecule has 2 aliphatic rings. The summed E-state index contributed by atoms with van der Waals surface area (Å²) >= 11 is 5.48. The summed E-state index contributed by atoms with van der Waals surface area (Å²) < 4.78 is 3.77. The Hall–Kier alpha value is -8.20. The van der Waals surface area contributed by atoms with Gasteiger partial charge in [-0.05, 0) is 77.0 Å². The molecule has 7 heterocycles. The SMILES string of the molecule is c1csc(-c2cc3c(c4c2=Nc2c(-c5cc6ccccc6s5)c(-c5cccc6sc7ccccc7c56)c(-c5cc6ccccc6[nH]5)c(-c5cccc6c5[nH]c5ccccc56)c2-4)N=c2ccccc2=3)c1. The van der Waals surface area contributed by atoms with E-state index < -0.39 is 0 Å². The van der Waals surface area contributed by atoms with Crippen LogP contribution >= 0.6 is 34.0 Å². The first-order chi connectivity index (χ1) is 34.2.